The minimum absolute atomic E-state index is 0.112. The summed E-state index contributed by atoms with van der Waals surface area (Å²) in [5, 5.41) is -0.144. The maximum absolute atomic E-state index is 11.7. The fourth-order valence-corrected chi connectivity index (χ4v) is 3.87. The maximum atomic E-state index is 11.7. The molecule has 0 radical (unpaired) electrons. The molecule has 0 aromatic heterocycles. The highest BCUT2D eigenvalue weighted by Gasteiger charge is 2.31. The second-order valence-electron chi connectivity index (χ2n) is 3.92. The summed E-state index contributed by atoms with van der Waals surface area (Å²) in [6.07, 6.45) is 4.04. The molecule has 0 aromatic rings. The van der Waals surface area contributed by atoms with Crippen LogP contribution in [-0.4, -0.2) is 25.5 Å². The summed E-state index contributed by atoms with van der Waals surface area (Å²) in [6.45, 7) is 2.01. The van der Waals surface area contributed by atoms with Gasteiger partial charge >= 0.3 is 0 Å². The minimum atomic E-state index is -2.84. The molecule has 0 bridgehead atoms. The van der Waals surface area contributed by atoms with E-state index in [4.69, 9.17) is 5.73 Å². The summed E-state index contributed by atoms with van der Waals surface area (Å²) in [5.74, 6) is 0.348. The van der Waals surface area contributed by atoms with Crippen LogP contribution < -0.4 is 5.73 Å². The first-order chi connectivity index (χ1) is 6.06. The molecule has 1 rings (SSSR count). The van der Waals surface area contributed by atoms with Crippen LogP contribution in [0.25, 0.3) is 0 Å². The second-order valence-corrected chi connectivity index (χ2v) is 6.32. The molecular formula is C9H19NO2S. The fourth-order valence-electron chi connectivity index (χ4n) is 1.81. The van der Waals surface area contributed by atoms with Crippen LogP contribution in [0.2, 0.25) is 0 Å². The van der Waals surface area contributed by atoms with Gasteiger partial charge in [-0.2, -0.15) is 0 Å². The van der Waals surface area contributed by atoms with Crippen molar-refractivity contribution in [1.29, 1.82) is 0 Å². The lowest BCUT2D eigenvalue weighted by Crippen LogP contribution is -2.24. The second kappa shape index (κ2) is 4.42. The van der Waals surface area contributed by atoms with E-state index in [0.717, 1.165) is 25.7 Å². The molecule has 1 fully saturated rings. The van der Waals surface area contributed by atoms with Crippen molar-refractivity contribution in [1.82, 2.24) is 0 Å². The largest absolute Gasteiger partial charge is 0.328 e. The zero-order valence-corrected chi connectivity index (χ0v) is 9.02. The number of unbranched alkanes of at least 4 members (excludes halogenated alkanes) is 1. The van der Waals surface area contributed by atoms with E-state index in [2.05, 4.69) is 0 Å². The van der Waals surface area contributed by atoms with Gasteiger partial charge in [0.25, 0.3) is 0 Å². The van der Waals surface area contributed by atoms with E-state index in [0.29, 0.717) is 12.2 Å². The Bertz CT molecular complexity index is 248. The van der Waals surface area contributed by atoms with Gasteiger partial charge in [0, 0.05) is 6.04 Å². The van der Waals surface area contributed by atoms with Gasteiger partial charge < -0.3 is 5.73 Å². The van der Waals surface area contributed by atoms with Crippen LogP contribution in [-0.2, 0) is 9.84 Å². The van der Waals surface area contributed by atoms with Crippen LogP contribution in [0, 0.1) is 0 Å². The molecular weight excluding hydrogens is 186 g/mol. The lowest BCUT2D eigenvalue weighted by atomic mass is 10.3. The number of sulfone groups is 1. The van der Waals surface area contributed by atoms with Gasteiger partial charge in [-0.05, 0) is 25.7 Å². The van der Waals surface area contributed by atoms with Crippen LogP contribution in [0.1, 0.15) is 39.0 Å². The molecule has 2 unspecified atom stereocenters. The maximum Gasteiger partial charge on any atom is 0.153 e. The molecule has 0 amide bonds. The van der Waals surface area contributed by atoms with Gasteiger partial charge in [-0.15, -0.1) is 0 Å². The molecule has 2 atom stereocenters. The standard InChI is InChI=1S/C9H19NO2S/c1-2-3-6-13(11,12)9-5-4-8(10)7-9/h8-9H,2-7,10H2,1H3. The third-order valence-corrected chi connectivity index (χ3v) is 5.02. The first kappa shape index (κ1) is 11.0. The van der Waals surface area contributed by atoms with Crippen molar-refractivity contribution in [3.63, 3.8) is 0 Å². The van der Waals surface area contributed by atoms with Gasteiger partial charge in [0.2, 0.25) is 0 Å². The summed E-state index contributed by atoms with van der Waals surface area (Å²) in [5.41, 5.74) is 5.69. The quantitative estimate of drug-likeness (QED) is 0.747. The van der Waals surface area contributed by atoms with E-state index >= 15 is 0 Å². The highest BCUT2D eigenvalue weighted by molar-refractivity contribution is 7.92. The molecule has 1 saturated carbocycles. The first-order valence-electron chi connectivity index (χ1n) is 5.03. The van der Waals surface area contributed by atoms with Crippen molar-refractivity contribution >= 4 is 9.84 Å². The average molecular weight is 205 g/mol. The monoisotopic (exact) mass is 205 g/mol. The van der Waals surface area contributed by atoms with Crippen molar-refractivity contribution in [3.8, 4) is 0 Å². The van der Waals surface area contributed by atoms with E-state index in [1.54, 1.807) is 0 Å². The number of rotatable bonds is 4. The lowest BCUT2D eigenvalue weighted by Gasteiger charge is -2.10. The Labute approximate surface area is 80.6 Å². The van der Waals surface area contributed by atoms with Crippen molar-refractivity contribution < 1.29 is 8.42 Å². The molecule has 0 heterocycles. The summed E-state index contributed by atoms with van der Waals surface area (Å²) in [4.78, 5) is 0. The molecule has 0 aliphatic heterocycles. The van der Waals surface area contributed by atoms with E-state index in [-0.39, 0.29) is 11.3 Å². The summed E-state index contributed by atoms with van der Waals surface area (Å²) >= 11 is 0. The molecule has 3 nitrogen and oxygen atoms in total. The van der Waals surface area contributed by atoms with Crippen LogP contribution in [0.3, 0.4) is 0 Å². The van der Waals surface area contributed by atoms with Crippen LogP contribution in [0.4, 0.5) is 0 Å². The molecule has 1 aliphatic carbocycles. The van der Waals surface area contributed by atoms with E-state index < -0.39 is 9.84 Å². The molecule has 1 aliphatic rings. The van der Waals surface area contributed by atoms with Crippen molar-refractivity contribution in [2.45, 2.75) is 50.3 Å². The Hall–Kier alpha value is -0.0900. The Morgan fingerprint density at radius 2 is 2.08 bits per heavy atom. The summed E-state index contributed by atoms with van der Waals surface area (Å²) < 4.78 is 23.4. The van der Waals surface area contributed by atoms with E-state index in [1.165, 1.54) is 0 Å². The molecule has 13 heavy (non-hydrogen) atoms. The smallest absolute Gasteiger partial charge is 0.153 e. The molecule has 78 valence electrons. The highest BCUT2D eigenvalue weighted by Crippen LogP contribution is 2.25. The molecule has 0 saturated heterocycles. The third kappa shape index (κ3) is 2.95. The van der Waals surface area contributed by atoms with Gasteiger partial charge in [0.15, 0.2) is 9.84 Å². The highest BCUT2D eigenvalue weighted by atomic mass is 32.2. The summed E-state index contributed by atoms with van der Waals surface area (Å²) in [7, 11) is -2.84. The van der Waals surface area contributed by atoms with Crippen LogP contribution in [0.15, 0.2) is 0 Å². The molecule has 4 heteroatoms. The van der Waals surface area contributed by atoms with Gasteiger partial charge in [0.1, 0.15) is 0 Å². The Kier molecular flexibility index (Phi) is 3.74. The van der Waals surface area contributed by atoms with E-state index in [9.17, 15) is 8.42 Å². The fraction of sp³-hybridized carbons (Fsp3) is 1.00. The topological polar surface area (TPSA) is 60.2 Å². The molecule has 0 aromatic carbocycles. The number of hydrogen-bond donors (Lipinski definition) is 1. The minimum Gasteiger partial charge on any atom is -0.328 e. The van der Waals surface area contributed by atoms with Gasteiger partial charge in [0.05, 0.1) is 11.0 Å². The Morgan fingerprint density at radius 1 is 1.38 bits per heavy atom. The van der Waals surface area contributed by atoms with Gasteiger partial charge in [-0.25, -0.2) is 8.42 Å². The predicted octanol–water partition coefficient (Wildman–Crippen LogP) is 1.08. The normalized spacial score (nSPS) is 29.4. The van der Waals surface area contributed by atoms with Crippen LogP contribution >= 0.6 is 0 Å². The SMILES string of the molecule is CCCCS(=O)(=O)C1CCC(N)C1. The van der Waals surface area contributed by atoms with Crippen molar-refractivity contribution in [3.05, 3.63) is 0 Å². The Morgan fingerprint density at radius 3 is 2.54 bits per heavy atom. The predicted molar refractivity (Wildman–Crippen MR) is 54.3 cm³/mol. The number of nitrogens with two attached hydrogens (primary N) is 1. The van der Waals surface area contributed by atoms with Crippen molar-refractivity contribution in [2.24, 2.45) is 5.73 Å². The average Bonchev–Trinajstić information content (AvgIpc) is 2.49. The first-order valence-corrected chi connectivity index (χ1v) is 6.75. The van der Waals surface area contributed by atoms with Gasteiger partial charge in [-0.3, -0.25) is 0 Å². The lowest BCUT2D eigenvalue weighted by molar-refractivity contribution is 0.574. The third-order valence-electron chi connectivity index (χ3n) is 2.72. The zero-order valence-electron chi connectivity index (χ0n) is 8.20. The molecule has 0 spiro atoms. The number of hydrogen-bond acceptors (Lipinski definition) is 3. The summed E-state index contributed by atoms with van der Waals surface area (Å²) in [6, 6.07) is 0.112. The molecule has 2 N–H and O–H groups in total. The zero-order chi connectivity index (χ0) is 9.90. The van der Waals surface area contributed by atoms with Crippen LogP contribution in [0.5, 0.6) is 0 Å². The van der Waals surface area contributed by atoms with Gasteiger partial charge in [-0.1, -0.05) is 13.3 Å². The van der Waals surface area contributed by atoms with Crippen molar-refractivity contribution in [2.75, 3.05) is 5.75 Å². The Balaban J connectivity index is 2.50. The van der Waals surface area contributed by atoms with E-state index in [1.807, 2.05) is 6.92 Å².